The van der Waals surface area contributed by atoms with Crippen LogP contribution < -0.4 is 11.1 Å². The zero-order chi connectivity index (χ0) is 29.4. The number of carbonyl (C=O) groups excluding carboxylic acids is 1. The van der Waals surface area contributed by atoms with Crippen molar-refractivity contribution in [3.8, 4) is 17.2 Å². The number of fused-ring (bicyclic) bond motifs is 1. The largest absolute Gasteiger partial charge is 0.389 e. The summed E-state index contributed by atoms with van der Waals surface area (Å²) in [5.41, 5.74) is 7.41. The number of hydrogen-bond acceptors (Lipinski definition) is 10. The summed E-state index contributed by atoms with van der Waals surface area (Å²) in [6, 6.07) is 14.3. The first-order valence-electron chi connectivity index (χ1n) is 11.4. The number of nitrogen functional groups attached to an aromatic ring is 1. The molecule has 0 saturated heterocycles. The molecule has 1 aromatic heterocycles. The SMILES string of the molecule is CC(C)C(=O)Nc1ccc(-c2c(N=Nc3cc(S(=O)(=O)O)c4cccc(S(=O)(=O)O)c4c3)sc(N)c2C#N)cc1. The molecular weight excluding hydrogens is 579 g/mol. The van der Waals surface area contributed by atoms with Crippen LogP contribution in [-0.2, 0) is 25.0 Å². The van der Waals surface area contributed by atoms with Crippen molar-refractivity contribution in [2.24, 2.45) is 16.1 Å². The lowest BCUT2D eigenvalue weighted by molar-refractivity contribution is -0.118. The van der Waals surface area contributed by atoms with Crippen LogP contribution in [0.5, 0.6) is 0 Å². The van der Waals surface area contributed by atoms with E-state index in [0.717, 1.165) is 23.5 Å². The molecule has 5 N–H and O–H groups in total. The van der Waals surface area contributed by atoms with Crippen LogP contribution >= 0.6 is 11.3 Å². The number of carbonyl (C=O) groups is 1. The summed E-state index contributed by atoms with van der Waals surface area (Å²) in [6.45, 7) is 3.51. The number of nitrogens with one attached hydrogen (secondary N) is 1. The van der Waals surface area contributed by atoms with Crippen molar-refractivity contribution in [3.05, 3.63) is 60.2 Å². The molecule has 12 nitrogen and oxygen atoms in total. The van der Waals surface area contributed by atoms with Crippen molar-refractivity contribution >= 4 is 69.6 Å². The predicted molar refractivity (Wildman–Crippen MR) is 150 cm³/mol. The maximum atomic E-state index is 12.1. The van der Waals surface area contributed by atoms with Gasteiger partial charge in [0, 0.05) is 27.9 Å². The molecule has 0 saturated carbocycles. The summed E-state index contributed by atoms with van der Waals surface area (Å²) in [4.78, 5) is 10.8. The monoisotopic (exact) mass is 599 g/mol. The van der Waals surface area contributed by atoms with Gasteiger partial charge in [-0.2, -0.15) is 22.1 Å². The molecule has 0 fully saturated rings. The molecule has 15 heteroatoms. The lowest BCUT2D eigenvalue weighted by Crippen LogP contribution is -2.17. The van der Waals surface area contributed by atoms with Gasteiger partial charge < -0.3 is 11.1 Å². The third kappa shape index (κ3) is 5.86. The Morgan fingerprint density at radius 1 is 0.975 bits per heavy atom. The number of nitrogens with two attached hydrogens (primary N) is 1. The number of benzene rings is 3. The second-order valence-corrected chi connectivity index (χ2v) is 12.6. The van der Waals surface area contributed by atoms with Crippen LogP contribution in [0, 0.1) is 17.2 Å². The summed E-state index contributed by atoms with van der Waals surface area (Å²) in [7, 11) is -9.61. The molecule has 206 valence electrons. The van der Waals surface area contributed by atoms with E-state index in [9.17, 15) is 36.0 Å². The summed E-state index contributed by atoms with van der Waals surface area (Å²) in [6.07, 6.45) is 0. The van der Waals surface area contributed by atoms with E-state index in [-0.39, 0.29) is 43.9 Å². The minimum absolute atomic E-state index is 0.128. The standard InChI is InChI=1S/C25H21N5O7S3/c1-13(2)24(31)28-15-8-6-14(7-9-15)22-19(12-26)23(27)38-25(22)30-29-16-10-18-17(21(11-16)40(35,36)37)4-3-5-20(18)39(32,33)34/h3-11,13H,27H2,1-2H3,(H,28,31)(H,32,33,34)(H,35,36,37). The number of nitrogens with zero attached hydrogens (tertiary/aromatic N) is 3. The molecule has 0 atom stereocenters. The van der Waals surface area contributed by atoms with E-state index in [0.29, 0.717) is 16.8 Å². The Balaban J connectivity index is 1.84. The summed E-state index contributed by atoms with van der Waals surface area (Å²) >= 11 is 0.941. The molecular formula is C25H21N5O7S3. The van der Waals surface area contributed by atoms with E-state index >= 15 is 0 Å². The second-order valence-electron chi connectivity index (χ2n) is 8.80. The zero-order valence-corrected chi connectivity index (χ0v) is 23.3. The van der Waals surface area contributed by atoms with Crippen molar-refractivity contribution in [2.45, 2.75) is 23.6 Å². The molecule has 0 aliphatic rings. The Hall–Kier alpha value is -4.20. The van der Waals surface area contributed by atoms with Crippen molar-refractivity contribution in [2.75, 3.05) is 11.1 Å². The van der Waals surface area contributed by atoms with Gasteiger partial charge in [-0.3, -0.25) is 13.9 Å². The molecule has 1 amide bonds. The summed E-state index contributed by atoms with van der Waals surface area (Å²) < 4.78 is 67.4. The van der Waals surface area contributed by atoms with Crippen LogP contribution in [0.15, 0.2) is 74.6 Å². The third-order valence-electron chi connectivity index (χ3n) is 5.71. The first kappa shape index (κ1) is 28.8. The Kier molecular flexibility index (Phi) is 7.74. The number of amides is 1. The number of nitriles is 1. The fourth-order valence-electron chi connectivity index (χ4n) is 3.80. The Morgan fingerprint density at radius 2 is 1.62 bits per heavy atom. The molecule has 0 unspecified atom stereocenters. The van der Waals surface area contributed by atoms with Gasteiger partial charge in [0.15, 0.2) is 0 Å². The molecule has 4 rings (SSSR count). The van der Waals surface area contributed by atoms with Gasteiger partial charge in [-0.05, 0) is 35.9 Å². The minimum Gasteiger partial charge on any atom is -0.389 e. The van der Waals surface area contributed by atoms with Crippen molar-refractivity contribution in [1.29, 1.82) is 5.26 Å². The average molecular weight is 600 g/mol. The smallest absolute Gasteiger partial charge is 0.295 e. The molecule has 0 aliphatic heterocycles. The minimum atomic E-state index is -4.84. The highest BCUT2D eigenvalue weighted by Gasteiger charge is 2.22. The quantitative estimate of drug-likeness (QED) is 0.155. The van der Waals surface area contributed by atoms with E-state index in [4.69, 9.17) is 5.73 Å². The van der Waals surface area contributed by atoms with Gasteiger partial charge in [-0.15, -0.1) is 10.2 Å². The summed E-state index contributed by atoms with van der Waals surface area (Å²) in [5, 5.41) is 20.6. The van der Waals surface area contributed by atoms with Gasteiger partial charge in [-0.25, -0.2) is 0 Å². The Labute approximate surface area is 233 Å². The van der Waals surface area contributed by atoms with Gasteiger partial charge >= 0.3 is 0 Å². The third-order valence-corrected chi connectivity index (χ3v) is 8.42. The molecule has 0 radical (unpaired) electrons. The Morgan fingerprint density at radius 3 is 2.20 bits per heavy atom. The first-order chi connectivity index (χ1) is 18.7. The van der Waals surface area contributed by atoms with Crippen LogP contribution in [0.2, 0.25) is 0 Å². The number of anilines is 2. The van der Waals surface area contributed by atoms with Gasteiger partial charge in [0.25, 0.3) is 20.2 Å². The molecule has 0 bridgehead atoms. The maximum Gasteiger partial charge on any atom is 0.295 e. The lowest BCUT2D eigenvalue weighted by atomic mass is 10.0. The molecule has 3 aromatic carbocycles. The molecule has 0 aliphatic carbocycles. The van der Waals surface area contributed by atoms with Gasteiger partial charge in [0.2, 0.25) is 5.91 Å². The van der Waals surface area contributed by atoms with Crippen molar-refractivity contribution in [1.82, 2.24) is 0 Å². The maximum absolute atomic E-state index is 12.1. The van der Waals surface area contributed by atoms with Crippen LogP contribution in [0.1, 0.15) is 19.4 Å². The number of hydrogen-bond donors (Lipinski definition) is 4. The number of thiophene rings is 1. The van der Waals surface area contributed by atoms with Gasteiger partial charge in [0.1, 0.15) is 25.9 Å². The number of azo groups is 1. The topological polar surface area (TPSA) is 212 Å². The van der Waals surface area contributed by atoms with Gasteiger partial charge in [-0.1, -0.05) is 49.4 Å². The number of rotatable bonds is 7. The van der Waals surface area contributed by atoms with Crippen LogP contribution in [-0.4, -0.2) is 31.8 Å². The van der Waals surface area contributed by atoms with E-state index in [1.54, 1.807) is 38.1 Å². The van der Waals surface area contributed by atoms with E-state index in [1.165, 1.54) is 18.2 Å². The van der Waals surface area contributed by atoms with Crippen LogP contribution in [0.25, 0.3) is 21.9 Å². The highest BCUT2D eigenvalue weighted by atomic mass is 32.2. The Bertz CT molecular complexity index is 1940. The van der Waals surface area contributed by atoms with Gasteiger partial charge in [0.05, 0.1) is 11.3 Å². The normalized spacial score (nSPS) is 12.2. The molecule has 0 spiro atoms. The first-order valence-corrected chi connectivity index (χ1v) is 15.1. The molecule has 4 aromatic rings. The zero-order valence-electron chi connectivity index (χ0n) is 20.9. The average Bonchev–Trinajstić information content (AvgIpc) is 3.20. The highest BCUT2D eigenvalue weighted by Crippen LogP contribution is 2.45. The second kappa shape index (κ2) is 10.8. The predicted octanol–water partition coefficient (Wildman–Crippen LogP) is 5.53. The van der Waals surface area contributed by atoms with E-state index in [2.05, 4.69) is 15.5 Å². The van der Waals surface area contributed by atoms with Crippen molar-refractivity contribution in [3.63, 3.8) is 0 Å². The summed E-state index contributed by atoms with van der Waals surface area (Å²) in [5.74, 6) is -0.393. The van der Waals surface area contributed by atoms with Crippen LogP contribution in [0.3, 0.4) is 0 Å². The molecule has 1 heterocycles. The van der Waals surface area contributed by atoms with Crippen LogP contribution in [0.4, 0.5) is 21.4 Å². The molecule has 40 heavy (non-hydrogen) atoms. The highest BCUT2D eigenvalue weighted by molar-refractivity contribution is 7.86. The fourth-order valence-corrected chi connectivity index (χ4v) is 6.09. The van der Waals surface area contributed by atoms with Crippen molar-refractivity contribution < 1.29 is 30.7 Å². The van der Waals surface area contributed by atoms with E-state index in [1.807, 2.05) is 6.07 Å². The lowest BCUT2D eigenvalue weighted by Gasteiger charge is -2.09. The fraction of sp³-hybridized carbons (Fsp3) is 0.120. The van der Waals surface area contributed by atoms with E-state index < -0.39 is 30.0 Å².